The Balaban J connectivity index is 1.38. The van der Waals surface area contributed by atoms with Crippen molar-refractivity contribution in [2.45, 2.75) is 83.5 Å². The van der Waals surface area contributed by atoms with Crippen LogP contribution in [0.1, 0.15) is 73.9 Å². The summed E-state index contributed by atoms with van der Waals surface area (Å²) < 4.78 is 3.93. The summed E-state index contributed by atoms with van der Waals surface area (Å²) in [5, 5.41) is 3.84. The fraction of sp³-hybridized carbons (Fsp3) is 0.421. The lowest BCUT2D eigenvalue weighted by atomic mass is 9.74. The highest BCUT2D eigenvalue weighted by Gasteiger charge is 2.44. The molecule has 1 saturated heterocycles. The van der Waals surface area contributed by atoms with Gasteiger partial charge >= 0.3 is 6.03 Å². The molecule has 2 aliphatic rings. The summed E-state index contributed by atoms with van der Waals surface area (Å²) in [6.07, 6.45) is 11.1. The molecule has 2 unspecified atom stereocenters. The fourth-order valence-electron chi connectivity index (χ4n) is 7.34. The van der Waals surface area contributed by atoms with Gasteiger partial charge in [-0.3, -0.25) is 9.78 Å². The molecule has 11 heteroatoms. The van der Waals surface area contributed by atoms with Crippen LogP contribution in [0.5, 0.6) is 0 Å². The van der Waals surface area contributed by atoms with Crippen molar-refractivity contribution < 1.29 is 9.59 Å². The molecule has 1 aliphatic carbocycles. The van der Waals surface area contributed by atoms with Crippen LogP contribution < -0.4 is 5.32 Å². The number of imidazole rings is 1. The number of amides is 3. The summed E-state index contributed by atoms with van der Waals surface area (Å²) in [5.74, 6) is -0.0469. The van der Waals surface area contributed by atoms with Crippen molar-refractivity contribution >= 4 is 55.4 Å². The Kier molecular flexibility index (Phi) is 11.2. The first kappa shape index (κ1) is 35.6. The topological polar surface area (TPSA) is 83.4 Å². The highest BCUT2D eigenvalue weighted by Crippen LogP contribution is 2.47. The summed E-state index contributed by atoms with van der Waals surface area (Å²) in [6, 6.07) is 15.4. The minimum Gasteiger partial charge on any atom is -0.337 e. The number of piperidine rings is 1. The molecule has 3 heterocycles. The van der Waals surface area contributed by atoms with Crippen molar-refractivity contribution in [2.75, 3.05) is 13.1 Å². The molecule has 49 heavy (non-hydrogen) atoms. The summed E-state index contributed by atoms with van der Waals surface area (Å²) in [5.41, 5.74) is 5.22. The number of carbonyl (C=O) groups is 2. The molecule has 1 aliphatic heterocycles. The van der Waals surface area contributed by atoms with E-state index in [4.69, 9.17) is 16.6 Å². The number of pyridine rings is 1. The zero-order valence-corrected chi connectivity index (χ0v) is 32.1. The molecular weight excluding hydrogens is 768 g/mol. The van der Waals surface area contributed by atoms with E-state index in [9.17, 15) is 9.59 Å². The normalized spacial score (nSPS) is 19.1. The van der Waals surface area contributed by atoms with Crippen molar-refractivity contribution in [3.63, 3.8) is 0 Å². The van der Waals surface area contributed by atoms with Gasteiger partial charge in [-0.05, 0) is 115 Å². The Morgan fingerprint density at radius 1 is 1.08 bits per heavy atom. The van der Waals surface area contributed by atoms with Crippen LogP contribution in [0.2, 0.25) is 5.02 Å². The van der Waals surface area contributed by atoms with Crippen LogP contribution in [0.15, 0.2) is 82.4 Å². The first-order chi connectivity index (χ1) is 23.5. The van der Waals surface area contributed by atoms with Crippen molar-refractivity contribution in [1.29, 1.82) is 0 Å². The molecule has 0 bridgehead atoms. The van der Waals surface area contributed by atoms with Gasteiger partial charge in [0.1, 0.15) is 6.04 Å². The van der Waals surface area contributed by atoms with Crippen molar-refractivity contribution in [3.05, 3.63) is 115 Å². The van der Waals surface area contributed by atoms with Gasteiger partial charge in [0.15, 0.2) is 0 Å². The van der Waals surface area contributed by atoms with E-state index >= 15 is 0 Å². The smallest absolute Gasteiger partial charge is 0.318 e. The minimum absolute atomic E-state index is 0.0313. The van der Waals surface area contributed by atoms with Crippen molar-refractivity contribution in [2.24, 2.45) is 5.92 Å². The molecule has 8 nitrogen and oxygen atoms in total. The monoisotopic (exact) mass is 808 g/mol. The predicted octanol–water partition coefficient (Wildman–Crippen LogP) is 8.39. The standard InChI is InChI=1S/C38H43Br2ClN6O2/c1-38(2,3)44-37(49)47-16-12-27(34-33-26(19-30(41)21-31(33)40)10-11-28-18-29(39)22-43-35(28)34)20-32(47)36(48)46(23-25-8-5-4-6-9-25)15-7-14-45-17-13-42-24-45/h4-6,8-9,13,17-19,21-22,24,27,32,34H,7,10-12,14-16,20,23H2,1-3H3,(H,44,49)/t27-,32?,34?/m1/s1. The maximum absolute atomic E-state index is 15.0. The number of urea groups is 1. The minimum atomic E-state index is -0.644. The zero-order valence-electron chi connectivity index (χ0n) is 28.2. The predicted molar refractivity (Wildman–Crippen MR) is 201 cm³/mol. The van der Waals surface area contributed by atoms with E-state index in [1.54, 1.807) is 17.4 Å². The van der Waals surface area contributed by atoms with Gasteiger partial charge in [-0.25, -0.2) is 9.78 Å². The molecule has 2 aromatic heterocycles. The Morgan fingerprint density at radius 3 is 2.59 bits per heavy atom. The maximum Gasteiger partial charge on any atom is 0.318 e. The number of nitrogens with zero attached hydrogens (tertiary/aromatic N) is 5. The second-order valence-electron chi connectivity index (χ2n) is 14.2. The number of likely N-dealkylation sites (tertiary alicyclic amines) is 1. The van der Waals surface area contributed by atoms with E-state index in [0.717, 1.165) is 52.4 Å². The Hall–Kier alpha value is -3.21. The van der Waals surface area contributed by atoms with Gasteiger partial charge in [-0.15, -0.1) is 0 Å². The van der Waals surface area contributed by atoms with Gasteiger partial charge in [0.25, 0.3) is 0 Å². The fourth-order valence-corrected chi connectivity index (χ4v) is 8.84. The molecule has 6 rings (SSSR count). The third kappa shape index (κ3) is 8.58. The Labute approximate surface area is 310 Å². The lowest BCUT2D eigenvalue weighted by Crippen LogP contribution is -2.59. The van der Waals surface area contributed by atoms with Crippen LogP contribution in [0.25, 0.3) is 0 Å². The molecule has 4 aromatic rings. The number of aryl methyl sites for hydroxylation is 3. The molecule has 1 fully saturated rings. The summed E-state index contributed by atoms with van der Waals surface area (Å²) in [6.45, 7) is 8.13. The van der Waals surface area contributed by atoms with Crippen molar-refractivity contribution in [1.82, 2.24) is 29.7 Å². The number of carbonyl (C=O) groups excluding carboxylic acids is 2. The number of nitrogens with one attached hydrogen (secondary N) is 1. The number of benzene rings is 2. The van der Waals surface area contributed by atoms with Gasteiger partial charge in [0, 0.05) is 70.2 Å². The first-order valence-corrected chi connectivity index (χ1v) is 18.9. The molecule has 3 atom stereocenters. The van der Waals surface area contributed by atoms with Gasteiger partial charge in [-0.1, -0.05) is 57.9 Å². The molecule has 0 saturated carbocycles. The first-order valence-electron chi connectivity index (χ1n) is 17.0. The molecule has 3 amide bonds. The maximum atomic E-state index is 15.0. The van der Waals surface area contributed by atoms with Crippen LogP contribution >= 0.6 is 43.5 Å². The van der Waals surface area contributed by atoms with Crippen LogP contribution in [-0.2, 0) is 30.7 Å². The lowest BCUT2D eigenvalue weighted by Gasteiger charge is -2.44. The van der Waals surface area contributed by atoms with Crippen LogP contribution in [-0.4, -0.2) is 60.9 Å². The molecular formula is C38H43Br2ClN6O2. The Bertz CT molecular complexity index is 1780. The zero-order chi connectivity index (χ0) is 34.7. The highest BCUT2D eigenvalue weighted by atomic mass is 79.9. The molecule has 258 valence electrons. The van der Waals surface area contributed by atoms with E-state index in [1.807, 2.05) is 66.9 Å². The molecule has 2 aromatic carbocycles. The molecule has 1 N–H and O–H groups in total. The van der Waals surface area contributed by atoms with Gasteiger partial charge in [-0.2, -0.15) is 0 Å². The molecule has 0 spiro atoms. The number of hydrogen-bond donors (Lipinski definition) is 1. The summed E-state index contributed by atoms with van der Waals surface area (Å²) >= 11 is 14.1. The van der Waals surface area contributed by atoms with E-state index in [-0.39, 0.29) is 23.8 Å². The van der Waals surface area contributed by atoms with E-state index in [1.165, 1.54) is 16.7 Å². The van der Waals surface area contributed by atoms with Gasteiger partial charge in [0.2, 0.25) is 5.91 Å². The average molecular weight is 811 g/mol. The van der Waals surface area contributed by atoms with Gasteiger partial charge in [0.05, 0.1) is 12.0 Å². The molecule has 0 radical (unpaired) electrons. The second-order valence-corrected chi connectivity index (χ2v) is 16.4. The van der Waals surface area contributed by atoms with Crippen LogP contribution in [0.4, 0.5) is 4.79 Å². The van der Waals surface area contributed by atoms with E-state index in [2.05, 4.69) is 66.4 Å². The number of fused-ring (bicyclic) bond motifs is 2. The highest BCUT2D eigenvalue weighted by molar-refractivity contribution is 9.10. The second kappa shape index (κ2) is 15.4. The quantitative estimate of drug-likeness (QED) is 0.194. The number of rotatable bonds is 8. The average Bonchev–Trinajstić information content (AvgIpc) is 3.52. The van der Waals surface area contributed by atoms with Gasteiger partial charge < -0.3 is 19.7 Å². The van der Waals surface area contributed by atoms with E-state index < -0.39 is 11.6 Å². The number of halogens is 3. The number of aromatic nitrogens is 3. The summed E-state index contributed by atoms with van der Waals surface area (Å²) in [7, 11) is 0. The SMILES string of the molecule is CC(C)(C)NC(=O)N1CC[C@@H](C2c3ncc(Br)cc3CCc3cc(Cl)cc(Br)c32)CC1C(=O)N(CCCn1ccnc1)Cc1ccccc1. The van der Waals surface area contributed by atoms with E-state index in [0.29, 0.717) is 31.1 Å². The van der Waals surface area contributed by atoms with Crippen molar-refractivity contribution in [3.8, 4) is 0 Å². The summed E-state index contributed by atoms with van der Waals surface area (Å²) in [4.78, 5) is 41.8. The third-order valence-corrected chi connectivity index (χ3v) is 10.8. The van der Waals surface area contributed by atoms with Crippen LogP contribution in [0.3, 0.4) is 0 Å². The third-order valence-electron chi connectivity index (χ3n) is 9.49. The Morgan fingerprint density at radius 2 is 1.86 bits per heavy atom. The largest absolute Gasteiger partial charge is 0.337 e. The lowest BCUT2D eigenvalue weighted by molar-refractivity contribution is -0.138. The van der Waals surface area contributed by atoms with Crippen LogP contribution in [0, 0.1) is 5.92 Å². The number of hydrogen-bond acceptors (Lipinski definition) is 4.